The average Bonchev–Trinajstić information content (AvgIpc) is 2.30. The smallest absolute Gasteiger partial charge is 0.125 e. The highest BCUT2D eigenvalue weighted by atomic mass is 35.5. The van der Waals surface area contributed by atoms with Gasteiger partial charge in [0, 0.05) is 11.6 Å². The van der Waals surface area contributed by atoms with Crippen LogP contribution in [-0.2, 0) is 6.54 Å². The maximum absolute atomic E-state index is 12.8. The lowest BCUT2D eigenvalue weighted by atomic mass is 10.2. The predicted octanol–water partition coefficient (Wildman–Crippen LogP) is 3.67. The van der Waals surface area contributed by atoms with E-state index in [1.54, 1.807) is 6.07 Å². The van der Waals surface area contributed by atoms with Gasteiger partial charge in [-0.15, -0.1) is 0 Å². The van der Waals surface area contributed by atoms with Crippen LogP contribution in [0.4, 0.5) is 15.8 Å². The van der Waals surface area contributed by atoms with Crippen LogP contribution >= 0.6 is 11.6 Å². The zero-order valence-electron chi connectivity index (χ0n) is 9.08. The first kappa shape index (κ1) is 11.7. The van der Waals surface area contributed by atoms with E-state index in [9.17, 15) is 4.39 Å². The first-order chi connectivity index (χ1) is 8.16. The van der Waals surface area contributed by atoms with E-state index in [1.807, 2.05) is 24.3 Å². The Morgan fingerprint density at radius 1 is 1.18 bits per heavy atom. The second kappa shape index (κ2) is 5.06. The van der Waals surface area contributed by atoms with E-state index in [1.165, 1.54) is 12.1 Å². The lowest BCUT2D eigenvalue weighted by Gasteiger charge is -2.10. The molecule has 88 valence electrons. The summed E-state index contributed by atoms with van der Waals surface area (Å²) in [6.45, 7) is 0.551. The van der Waals surface area contributed by atoms with E-state index in [4.69, 9.17) is 17.3 Å². The maximum atomic E-state index is 12.8. The number of hydrogen-bond acceptors (Lipinski definition) is 2. The molecule has 2 aromatic carbocycles. The number of nitrogens with two attached hydrogens (primary N) is 1. The lowest BCUT2D eigenvalue weighted by Crippen LogP contribution is -2.03. The third-order valence-electron chi connectivity index (χ3n) is 2.44. The molecule has 0 atom stereocenters. The molecule has 2 nitrogen and oxygen atoms in total. The molecule has 3 N–H and O–H groups in total. The van der Waals surface area contributed by atoms with Gasteiger partial charge in [-0.05, 0) is 29.8 Å². The second-order valence-electron chi connectivity index (χ2n) is 3.68. The summed E-state index contributed by atoms with van der Waals surface area (Å²) in [5.41, 5.74) is 7.74. The molecule has 0 saturated heterocycles. The molecule has 17 heavy (non-hydrogen) atoms. The highest BCUT2D eigenvalue weighted by molar-refractivity contribution is 6.31. The molecule has 0 spiro atoms. The number of rotatable bonds is 3. The van der Waals surface area contributed by atoms with Gasteiger partial charge in [-0.1, -0.05) is 29.8 Å². The van der Waals surface area contributed by atoms with E-state index in [2.05, 4.69) is 5.32 Å². The van der Waals surface area contributed by atoms with E-state index in [0.717, 1.165) is 5.56 Å². The van der Waals surface area contributed by atoms with Gasteiger partial charge in [0.25, 0.3) is 0 Å². The number of benzene rings is 2. The molecule has 0 radical (unpaired) electrons. The van der Waals surface area contributed by atoms with Crippen LogP contribution in [-0.4, -0.2) is 0 Å². The quantitative estimate of drug-likeness (QED) is 0.816. The number of halogens is 2. The Balaban J connectivity index is 2.10. The molecule has 0 heterocycles. The van der Waals surface area contributed by atoms with Gasteiger partial charge < -0.3 is 11.1 Å². The van der Waals surface area contributed by atoms with E-state index < -0.39 is 0 Å². The van der Waals surface area contributed by atoms with E-state index in [0.29, 0.717) is 22.9 Å². The van der Waals surface area contributed by atoms with Crippen LogP contribution in [0.25, 0.3) is 0 Å². The fourth-order valence-corrected chi connectivity index (χ4v) is 1.73. The minimum atomic E-state index is -0.342. The molecule has 0 aromatic heterocycles. The third-order valence-corrected chi connectivity index (χ3v) is 2.81. The number of anilines is 2. The van der Waals surface area contributed by atoms with Crippen molar-refractivity contribution in [2.75, 3.05) is 11.1 Å². The molecule has 0 aliphatic carbocycles. The minimum absolute atomic E-state index is 0.342. The molecular formula is C13H12ClFN2. The first-order valence-electron chi connectivity index (χ1n) is 5.19. The van der Waals surface area contributed by atoms with Gasteiger partial charge in [0.05, 0.1) is 11.4 Å². The zero-order valence-corrected chi connectivity index (χ0v) is 9.84. The van der Waals surface area contributed by atoms with Crippen LogP contribution in [0.1, 0.15) is 5.56 Å². The van der Waals surface area contributed by atoms with Crippen LogP contribution in [0.15, 0.2) is 42.5 Å². The molecular weight excluding hydrogens is 239 g/mol. The van der Waals surface area contributed by atoms with Crippen LogP contribution in [0.2, 0.25) is 5.02 Å². The van der Waals surface area contributed by atoms with Gasteiger partial charge in [0.1, 0.15) is 5.82 Å². The van der Waals surface area contributed by atoms with Crippen LogP contribution in [0.5, 0.6) is 0 Å². The van der Waals surface area contributed by atoms with Crippen LogP contribution < -0.4 is 11.1 Å². The van der Waals surface area contributed by atoms with E-state index in [-0.39, 0.29) is 5.82 Å². The van der Waals surface area contributed by atoms with Gasteiger partial charge in [0.15, 0.2) is 0 Å². The van der Waals surface area contributed by atoms with Crippen molar-refractivity contribution in [3.8, 4) is 0 Å². The largest absolute Gasteiger partial charge is 0.397 e. The molecule has 0 unspecified atom stereocenters. The Hall–Kier alpha value is -1.74. The summed E-state index contributed by atoms with van der Waals surface area (Å²) in [6, 6.07) is 11.8. The first-order valence-corrected chi connectivity index (χ1v) is 5.57. The minimum Gasteiger partial charge on any atom is -0.397 e. The summed E-state index contributed by atoms with van der Waals surface area (Å²) >= 11 is 6.02. The average molecular weight is 251 g/mol. The Labute approximate surface area is 104 Å². The van der Waals surface area contributed by atoms with Gasteiger partial charge in [-0.25, -0.2) is 4.39 Å². The number of nitrogen functional groups attached to an aromatic ring is 1. The van der Waals surface area contributed by atoms with Gasteiger partial charge >= 0.3 is 0 Å². The number of nitrogens with one attached hydrogen (secondary N) is 1. The van der Waals surface area contributed by atoms with Crippen LogP contribution in [0.3, 0.4) is 0 Å². The van der Waals surface area contributed by atoms with Crippen molar-refractivity contribution in [2.24, 2.45) is 0 Å². The SMILES string of the molecule is Nc1cc(F)ccc1NCc1ccccc1Cl. The Kier molecular flexibility index (Phi) is 3.49. The van der Waals surface area contributed by atoms with Crippen molar-refractivity contribution in [2.45, 2.75) is 6.54 Å². The predicted molar refractivity (Wildman–Crippen MR) is 69.6 cm³/mol. The zero-order chi connectivity index (χ0) is 12.3. The Bertz CT molecular complexity index is 529. The molecule has 0 saturated carbocycles. The summed E-state index contributed by atoms with van der Waals surface area (Å²) in [5.74, 6) is -0.342. The third kappa shape index (κ3) is 2.88. The molecule has 0 bridgehead atoms. The van der Waals surface area contributed by atoms with Gasteiger partial charge in [-0.2, -0.15) is 0 Å². The standard InChI is InChI=1S/C13H12ClFN2/c14-11-4-2-1-3-9(11)8-17-13-6-5-10(15)7-12(13)16/h1-7,17H,8,16H2. The summed E-state index contributed by atoms with van der Waals surface area (Å²) < 4.78 is 12.8. The van der Waals surface area contributed by atoms with Gasteiger partial charge in [0.2, 0.25) is 0 Å². The fraction of sp³-hybridized carbons (Fsp3) is 0.0769. The lowest BCUT2D eigenvalue weighted by molar-refractivity contribution is 0.628. The highest BCUT2D eigenvalue weighted by Gasteiger charge is 2.02. The summed E-state index contributed by atoms with van der Waals surface area (Å²) in [7, 11) is 0. The monoisotopic (exact) mass is 250 g/mol. The Morgan fingerprint density at radius 2 is 1.94 bits per heavy atom. The molecule has 0 amide bonds. The number of hydrogen-bond donors (Lipinski definition) is 2. The maximum Gasteiger partial charge on any atom is 0.125 e. The summed E-state index contributed by atoms with van der Waals surface area (Å²) in [4.78, 5) is 0. The van der Waals surface area contributed by atoms with Gasteiger partial charge in [-0.3, -0.25) is 0 Å². The van der Waals surface area contributed by atoms with Crippen molar-refractivity contribution < 1.29 is 4.39 Å². The molecule has 4 heteroatoms. The van der Waals surface area contributed by atoms with E-state index >= 15 is 0 Å². The molecule has 2 rings (SSSR count). The molecule has 0 fully saturated rings. The molecule has 0 aliphatic heterocycles. The molecule has 0 aliphatic rings. The van der Waals surface area contributed by atoms with Crippen molar-refractivity contribution in [3.05, 3.63) is 58.9 Å². The van der Waals surface area contributed by atoms with Crippen LogP contribution in [0, 0.1) is 5.82 Å². The highest BCUT2D eigenvalue weighted by Crippen LogP contribution is 2.21. The normalized spacial score (nSPS) is 10.2. The van der Waals surface area contributed by atoms with Crippen molar-refractivity contribution in [3.63, 3.8) is 0 Å². The Morgan fingerprint density at radius 3 is 2.65 bits per heavy atom. The summed E-state index contributed by atoms with van der Waals surface area (Å²) in [5, 5.41) is 3.82. The topological polar surface area (TPSA) is 38.0 Å². The van der Waals surface area contributed by atoms with Crippen molar-refractivity contribution in [1.29, 1.82) is 0 Å². The van der Waals surface area contributed by atoms with Crippen molar-refractivity contribution in [1.82, 2.24) is 0 Å². The summed E-state index contributed by atoms with van der Waals surface area (Å²) in [6.07, 6.45) is 0. The van der Waals surface area contributed by atoms with Crippen molar-refractivity contribution >= 4 is 23.0 Å². The molecule has 2 aromatic rings. The fourth-order valence-electron chi connectivity index (χ4n) is 1.53. The second-order valence-corrected chi connectivity index (χ2v) is 4.08.